The number of Topliss-reactive ketones (excluding diaryl/α,β-unsaturated/α-hetero) is 1. The van der Waals surface area contributed by atoms with Crippen LogP contribution in [0.15, 0.2) is 48.8 Å². The van der Waals surface area contributed by atoms with Crippen LogP contribution in [0.2, 0.25) is 0 Å². The van der Waals surface area contributed by atoms with E-state index >= 15 is 0 Å². The summed E-state index contributed by atoms with van der Waals surface area (Å²) in [5.41, 5.74) is 1.83. The van der Waals surface area contributed by atoms with E-state index in [9.17, 15) is 10.1 Å². The van der Waals surface area contributed by atoms with Crippen molar-refractivity contribution in [3.05, 3.63) is 60.0 Å². The molecule has 0 aliphatic carbocycles. The second-order valence-corrected chi connectivity index (χ2v) is 4.70. The summed E-state index contributed by atoms with van der Waals surface area (Å²) in [6, 6.07) is 12.9. The maximum atomic E-state index is 12.7. The molecular formula is C16H12N4O. The number of fused-ring (bicyclic) bond motifs is 1. The number of hydrogen-bond donors (Lipinski definition) is 0. The van der Waals surface area contributed by atoms with Gasteiger partial charge in [0.25, 0.3) is 0 Å². The quantitative estimate of drug-likeness (QED) is 0.689. The highest BCUT2D eigenvalue weighted by atomic mass is 16.1. The molecule has 0 N–H and O–H groups in total. The van der Waals surface area contributed by atoms with Crippen LogP contribution in [-0.4, -0.2) is 20.5 Å². The summed E-state index contributed by atoms with van der Waals surface area (Å²) in [4.78, 5) is 16.6. The number of nitrogens with zero attached hydrogens (tertiary/aromatic N) is 4. The molecule has 0 bridgehead atoms. The molecule has 3 rings (SSSR count). The van der Waals surface area contributed by atoms with E-state index in [4.69, 9.17) is 0 Å². The number of para-hydroxylation sites is 1. The Morgan fingerprint density at radius 3 is 2.67 bits per heavy atom. The number of aromatic nitrogens is 3. The van der Waals surface area contributed by atoms with Crippen LogP contribution >= 0.6 is 0 Å². The van der Waals surface area contributed by atoms with Crippen molar-refractivity contribution < 1.29 is 4.79 Å². The Balaban J connectivity index is 2.10. The maximum absolute atomic E-state index is 12.7. The molecule has 0 saturated carbocycles. The molecule has 0 spiro atoms. The minimum atomic E-state index is -0.869. The molecule has 0 fully saturated rings. The van der Waals surface area contributed by atoms with Crippen LogP contribution in [0.25, 0.3) is 10.9 Å². The van der Waals surface area contributed by atoms with Gasteiger partial charge in [0.05, 0.1) is 11.6 Å². The second kappa shape index (κ2) is 5.17. The summed E-state index contributed by atoms with van der Waals surface area (Å²) in [7, 11) is 1.78. The van der Waals surface area contributed by atoms with Gasteiger partial charge in [-0.1, -0.05) is 18.2 Å². The van der Waals surface area contributed by atoms with Gasteiger partial charge in [0, 0.05) is 24.8 Å². The van der Waals surface area contributed by atoms with Crippen molar-refractivity contribution in [3.8, 4) is 6.07 Å². The zero-order valence-electron chi connectivity index (χ0n) is 11.4. The van der Waals surface area contributed by atoms with Crippen molar-refractivity contribution in [3.63, 3.8) is 0 Å². The van der Waals surface area contributed by atoms with E-state index in [0.29, 0.717) is 11.3 Å². The van der Waals surface area contributed by atoms with Crippen molar-refractivity contribution in [1.29, 1.82) is 5.26 Å². The number of nitriles is 1. The predicted octanol–water partition coefficient (Wildman–Crippen LogP) is 2.46. The first kappa shape index (κ1) is 13.0. The van der Waals surface area contributed by atoms with E-state index in [0.717, 1.165) is 10.9 Å². The summed E-state index contributed by atoms with van der Waals surface area (Å²) >= 11 is 0. The Morgan fingerprint density at radius 1 is 1.24 bits per heavy atom. The number of carbonyl (C=O) groups excluding carboxylic acids is 1. The van der Waals surface area contributed by atoms with E-state index in [1.54, 1.807) is 36.3 Å². The summed E-state index contributed by atoms with van der Waals surface area (Å²) in [6.07, 6.45) is 3.15. The first-order chi connectivity index (χ1) is 10.2. The fraction of sp³-hybridized carbons (Fsp3) is 0.125. The molecule has 0 aliphatic heterocycles. The highest BCUT2D eigenvalue weighted by molar-refractivity contribution is 6.10. The lowest BCUT2D eigenvalue weighted by Gasteiger charge is -2.06. The Labute approximate surface area is 121 Å². The number of carbonyl (C=O) groups is 1. The van der Waals surface area contributed by atoms with Gasteiger partial charge >= 0.3 is 0 Å². The number of pyridine rings is 1. The summed E-state index contributed by atoms with van der Waals surface area (Å²) in [5.74, 6) is -1.16. The molecule has 1 unspecified atom stereocenters. The molecule has 0 radical (unpaired) electrons. The number of ketones is 1. The molecule has 3 aromatic rings. The molecule has 0 amide bonds. The van der Waals surface area contributed by atoms with Gasteiger partial charge in [0.2, 0.25) is 5.78 Å². The maximum Gasteiger partial charge on any atom is 0.205 e. The third-order valence-corrected chi connectivity index (χ3v) is 3.42. The molecule has 21 heavy (non-hydrogen) atoms. The van der Waals surface area contributed by atoms with Gasteiger partial charge in [-0.25, -0.2) is 0 Å². The standard InChI is InChI=1S/C16H12N4O/c1-20-14-5-3-2-4-12(14)15(19-20)16(21)13(10-17)11-6-8-18-9-7-11/h2-9,13H,1H3. The van der Waals surface area contributed by atoms with Crippen LogP contribution in [0.1, 0.15) is 22.0 Å². The summed E-state index contributed by atoms with van der Waals surface area (Å²) in [5, 5.41) is 14.4. The molecule has 0 saturated heterocycles. The number of benzene rings is 1. The van der Waals surface area contributed by atoms with Gasteiger partial charge in [-0.3, -0.25) is 14.5 Å². The minimum absolute atomic E-state index is 0.291. The molecule has 5 heteroatoms. The van der Waals surface area contributed by atoms with E-state index in [-0.39, 0.29) is 5.78 Å². The molecule has 102 valence electrons. The van der Waals surface area contributed by atoms with Crippen molar-refractivity contribution >= 4 is 16.7 Å². The second-order valence-electron chi connectivity index (χ2n) is 4.70. The highest BCUT2D eigenvalue weighted by Crippen LogP contribution is 2.24. The Hall–Kier alpha value is -3.00. The van der Waals surface area contributed by atoms with E-state index in [2.05, 4.69) is 16.2 Å². The van der Waals surface area contributed by atoms with Gasteiger partial charge in [-0.05, 0) is 23.8 Å². The molecule has 0 aliphatic rings. The van der Waals surface area contributed by atoms with Crippen LogP contribution in [0.5, 0.6) is 0 Å². The normalized spacial score (nSPS) is 12.0. The van der Waals surface area contributed by atoms with Crippen molar-refractivity contribution in [2.45, 2.75) is 5.92 Å². The number of hydrogen-bond acceptors (Lipinski definition) is 4. The van der Waals surface area contributed by atoms with Crippen molar-refractivity contribution in [2.24, 2.45) is 7.05 Å². The summed E-state index contributed by atoms with van der Waals surface area (Å²) in [6.45, 7) is 0. The average molecular weight is 276 g/mol. The largest absolute Gasteiger partial charge is 0.290 e. The lowest BCUT2D eigenvalue weighted by atomic mass is 9.94. The van der Waals surface area contributed by atoms with Crippen LogP contribution < -0.4 is 0 Å². The van der Waals surface area contributed by atoms with Crippen LogP contribution in [-0.2, 0) is 7.05 Å². The van der Waals surface area contributed by atoms with Gasteiger partial charge in [-0.15, -0.1) is 0 Å². The Bertz CT molecular complexity index is 846. The summed E-state index contributed by atoms with van der Waals surface area (Å²) < 4.78 is 1.66. The molecule has 1 atom stereocenters. The molecular weight excluding hydrogens is 264 g/mol. The first-order valence-corrected chi connectivity index (χ1v) is 6.48. The highest BCUT2D eigenvalue weighted by Gasteiger charge is 2.26. The molecule has 2 heterocycles. The monoisotopic (exact) mass is 276 g/mol. The molecule has 2 aromatic heterocycles. The fourth-order valence-electron chi connectivity index (χ4n) is 2.37. The number of rotatable bonds is 3. The lowest BCUT2D eigenvalue weighted by molar-refractivity contribution is 0.0975. The molecule has 1 aromatic carbocycles. The first-order valence-electron chi connectivity index (χ1n) is 6.48. The zero-order valence-corrected chi connectivity index (χ0v) is 11.4. The molecule has 5 nitrogen and oxygen atoms in total. The smallest absolute Gasteiger partial charge is 0.205 e. The van der Waals surface area contributed by atoms with E-state index in [1.807, 2.05) is 24.3 Å². The third-order valence-electron chi connectivity index (χ3n) is 3.42. The Kier molecular flexibility index (Phi) is 3.20. The van der Waals surface area contributed by atoms with Crippen molar-refractivity contribution in [2.75, 3.05) is 0 Å². The van der Waals surface area contributed by atoms with Gasteiger partial charge < -0.3 is 0 Å². The van der Waals surface area contributed by atoms with Crippen LogP contribution in [0.3, 0.4) is 0 Å². The number of aryl methyl sites for hydroxylation is 1. The minimum Gasteiger partial charge on any atom is -0.290 e. The van der Waals surface area contributed by atoms with E-state index < -0.39 is 5.92 Å². The van der Waals surface area contributed by atoms with E-state index in [1.165, 1.54) is 0 Å². The lowest BCUT2D eigenvalue weighted by Crippen LogP contribution is -2.12. The predicted molar refractivity (Wildman–Crippen MR) is 77.6 cm³/mol. The topological polar surface area (TPSA) is 71.6 Å². The average Bonchev–Trinajstić information content (AvgIpc) is 2.87. The third kappa shape index (κ3) is 2.17. The van der Waals surface area contributed by atoms with Crippen molar-refractivity contribution in [1.82, 2.24) is 14.8 Å². The SMILES string of the molecule is Cn1nc(C(=O)C(C#N)c2ccncc2)c2ccccc21. The van der Waals surface area contributed by atoms with Gasteiger partial charge in [-0.2, -0.15) is 10.4 Å². The van der Waals surface area contributed by atoms with Gasteiger partial charge in [0.1, 0.15) is 11.6 Å². The van der Waals surface area contributed by atoms with Crippen LogP contribution in [0.4, 0.5) is 0 Å². The fourth-order valence-corrected chi connectivity index (χ4v) is 2.37. The Morgan fingerprint density at radius 2 is 1.95 bits per heavy atom. The van der Waals surface area contributed by atoms with Crippen LogP contribution in [0, 0.1) is 11.3 Å². The van der Waals surface area contributed by atoms with Gasteiger partial charge in [0.15, 0.2) is 0 Å². The zero-order chi connectivity index (χ0) is 14.8.